The highest BCUT2D eigenvalue weighted by atomic mass is 32.2. The Bertz CT molecular complexity index is 674. The summed E-state index contributed by atoms with van der Waals surface area (Å²) in [7, 11) is -3.83. The van der Waals surface area contributed by atoms with E-state index in [-0.39, 0.29) is 29.1 Å². The lowest BCUT2D eigenvalue weighted by molar-refractivity contribution is 0.0696. The highest BCUT2D eigenvalue weighted by molar-refractivity contribution is 7.89. The molecule has 1 aromatic rings. The number of ether oxygens (including phenoxy) is 1. The zero-order valence-corrected chi connectivity index (χ0v) is 16.0. The Hall–Kier alpha value is -1.64. The molecule has 7 nitrogen and oxygen atoms in total. The quantitative estimate of drug-likeness (QED) is 0.516. The van der Waals surface area contributed by atoms with E-state index in [1.807, 2.05) is 27.7 Å². The van der Waals surface area contributed by atoms with Crippen LogP contribution in [0.3, 0.4) is 0 Å². The van der Waals surface area contributed by atoms with Crippen molar-refractivity contribution in [3.63, 3.8) is 0 Å². The molecule has 0 spiro atoms. The summed E-state index contributed by atoms with van der Waals surface area (Å²) in [6.45, 7) is 8.40. The first kappa shape index (κ1) is 21.4. The molecule has 1 rings (SSSR count). The molecule has 142 valence electrons. The van der Waals surface area contributed by atoms with Crippen molar-refractivity contribution < 1.29 is 23.1 Å². The fourth-order valence-electron chi connectivity index (χ4n) is 2.04. The van der Waals surface area contributed by atoms with Gasteiger partial charge in [0.15, 0.2) is 0 Å². The van der Waals surface area contributed by atoms with Crippen molar-refractivity contribution in [2.75, 3.05) is 18.5 Å². The standard InChI is InChI=1S/C17H28N2O5S/c1-5-13(4)19-15-8-7-14(17(20)21)11-16(15)25(22,23)18-9-6-10-24-12(2)3/h7-8,11-13,18-19H,5-6,9-10H2,1-4H3,(H,20,21)/t13-/m1/s1. The van der Waals surface area contributed by atoms with Gasteiger partial charge < -0.3 is 15.2 Å². The van der Waals surface area contributed by atoms with E-state index >= 15 is 0 Å². The summed E-state index contributed by atoms with van der Waals surface area (Å²) in [5, 5.41) is 12.3. The fourth-order valence-corrected chi connectivity index (χ4v) is 3.31. The van der Waals surface area contributed by atoms with Crippen molar-refractivity contribution in [3.8, 4) is 0 Å². The number of hydrogen-bond donors (Lipinski definition) is 3. The van der Waals surface area contributed by atoms with E-state index in [9.17, 15) is 13.2 Å². The summed E-state index contributed by atoms with van der Waals surface area (Å²) >= 11 is 0. The SMILES string of the molecule is CC[C@@H](C)Nc1ccc(C(=O)O)cc1S(=O)(=O)NCCCOC(C)C. The second-order valence-electron chi connectivity index (χ2n) is 6.14. The summed E-state index contributed by atoms with van der Waals surface area (Å²) in [5.74, 6) is -1.17. The molecule has 0 heterocycles. The molecule has 25 heavy (non-hydrogen) atoms. The van der Waals surface area contributed by atoms with Gasteiger partial charge in [0, 0.05) is 19.2 Å². The molecule has 0 saturated heterocycles. The fraction of sp³-hybridized carbons (Fsp3) is 0.588. The summed E-state index contributed by atoms with van der Waals surface area (Å²) in [6.07, 6.45) is 1.43. The maximum absolute atomic E-state index is 12.6. The summed E-state index contributed by atoms with van der Waals surface area (Å²) in [4.78, 5) is 11.1. The van der Waals surface area contributed by atoms with Crippen LogP contribution < -0.4 is 10.0 Å². The van der Waals surface area contributed by atoms with Crippen LogP contribution in [0.5, 0.6) is 0 Å². The van der Waals surface area contributed by atoms with Crippen molar-refractivity contribution in [2.45, 2.75) is 57.6 Å². The molecule has 0 amide bonds. The Balaban J connectivity index is 2.96. The molecule has 0 aliphatic rings. The molecule has 0 unspecified atom stereocenters. The normalized spacial score (nSPS) is 13.0. The Morgan fingerprint density at radius 2 is 1.96 bits per heavy atom. The molecule has 0 aliphatic carbocycles. The highest BCUT2D eigenvalue weighted by Gasteiger charge is 2.21. The topological polar surface area (TPSA) is 105 Å². The number of rotatable bonds is 11. The van der Waals surface area contributed by atoms with Crippen LogP contribution in [0.25, 0.3) is 0 Å². The van der Waals surface area contributed by atoms with Gasteiger partial charge in [0.25, 0.3) is 0 Å². The summed E-state index contributed by atoms with van der Waals surface area (Å²) in [6, 6.07) is 4.12. The van der Waals surface area contributed by atoms with Gasteiger partial charge >= 0.3 is 5.97 Å². The van der Waals surface area contributed by atoms with Gasteiger partial charge in [-0.15, -0.1) is 0 Å². The lowest BCUT2D eigenvalue weighted by atomic mass is 10.2. The lowest BCUT2D eigenvalue weighted by Crippen LogP contribution is -2.27. The van der Waals surface area contributed by atoms with Crippen molar-refractivity contribution in [3.05, 3.63) is 23.8 Å². The second kappa shape index (κ2) is 9.74. The largest absolute Gasteiger partial charge is 0.478 e. The third-order valence-corrected chi connectivity index (χ3v) is 5.10. The number of benzene rings is 1. The molecule has 0 aromatic heterocycles. The molecule has 0 bridgehead atoms. The van der Waals surface area contributed by atoms with Gasteiger partial charge in [-0.05, 0) is 51.8 Å². The molecular weight excluding hydrogens is 344 g/mol. The van der Waals surface area contributed by atoms with Crippen LogP contribution >= 0.6 is 0 Å². The zero-order chi connectivity index (χ0) is 19.0. The Labute approximate surface area is 149 Å². The highest BCUT2D eigenvalue weighted by Crippen LogP contribution is 2.24. The van der Waals surface area contributed by atoms with Crippen LogP contribution in [-0.4, -0.2) is 44.8 Å². The smallest absolute Gasteiger partial charge is 0.335 e. The van der Waals surface area contributed by atoms with E-state index in [2.05, 4.69) is 10.0 Å². The van der Waals surface area contributed by atoms with Gasteiger partial charge in [-0.25, -0.2) is 17.9 Å². The summed E-state index contributed by atoms with van der Waals surface area (Å²) in [5.41, 5.74) is 0.323. The minimum atomic E-state index is -3.83. The monoisotopic (exact) mass is 372 g/mol. The second-order valence-corrected chi connectivity index (χ2v) is 7.88. The van der Waals surface area contributed by atoms with Crippen molar-refractivity contribution in [1.29, 1.82) is 0 Å². The van der Waals surface area contributed by atoms with E-state index in [0.717, 1.165) is 6.42 Å². The van der Waals surface area contributed by atoms with Crippen molar-refractivity contribution in [2.24, 2.45) is 0 Å². The number of carbonyl (C=O) groups is 1. The van der Waals surface area contributed by atoms with Gasteiger partial charge in [-0.3, -0.25) is 0 Å². The minimum Gasteiger partial charge on any atom is -0.478 e. The van der Waals surface area contributed by atoms with Gasteiger partial charge in [0.1, 0.15) is 4.90 Å². The Kier molecular flexibility index (Phi) is 8.34. The molecular formula is C17H28N2O5S. The average Bonchev–Trinajstić information content (AvgIpc) is 2.53. The maximum atomic E-state index is 12.6. The van der Waals surface area contributed by atoms with Crippen LogP contribution in [-0.2, 0) is 14.8 Å². The molecule has 3 N–H and O–H groups in total. The van der Waals surface area contributed by atoms with E-state index in [1.54, 1.807) is 0 Å². The number of aromatic carboxylic acids is 1. The molecule has 0 radical (unpaired) electrons. The first-order chi connectivity index (χ1) is 11.7. The van der Waals surface area contributed by atoms with Crippen LogP contribution in [0.1, 0.15) is 50.9 Å². The van der Waals surface area contributed by atoms with Crippen LogP contribution in [0.2, 0.25) is 0 Å². The maximum Gasteiger partial charge on any atom is 0.335 e. The number of nitrogens with one attached hydrogen (secondary N) is 2. The predicted molar refractivity (Wildman–Crippen MR) is 97.7 cm³/mol. The van der Waals surface area contributed by atoms with Gasteiger partial charge in [0.2, 0.25) is 10.0 Å². The molecule has 0 aliphatic heterocycles. The number of anilines is 1. The van der Waals surface area contributed by atoms with Crippen LogP contribution in [0, 0.1) is 0 Å². The molecule has 1 atom stereocenters. The van der Waals surface area contributed by atoms with E-state index in [4.69, 9.17) is 9.84 Å². The van der Waals surface area contributed by atoms with E-state index in [1.165, 1.54) is 18.2 Å². The molecule has 8 heteroatoms. The van der Waals surface area contributed by atoms with E-state index < -0.39 is 16.0 Å². The molecule has 0 saturated carbocycles. The summed E-state index contributed by atoms with van der Waals surface area (Å²) < 4.78 is 33.1. The number of hydrogen-bond acceptors (Lipinski definition) is 5. The van der Waals surface area contributed by atoms with Gasteiger partial charge in [-0.1, -0.05) is 6.92 Å². The van der Waals surface area contributed by atoms with Gasteiger partial charge in [0.05, 0.1) is 17.4 Å². The van der Waals surface area contributed by atoms with Gasteiger partial charge in [-0.2, -0.15) is 0 Å². The molecule has 0 fully saturated rings. The Morgan fingerprint density at radius 1 is 1.28 bits per heavy atom. The number of sulfonamides is 1. The number of carboxylic acids is 1. The van der Waals surface area contributed by atoms with Crippen molar-refractivity contribution in [1.82, 2.24) is 4.72 Å². The average molecular weight is 372 g/mol. The lowest BCUT2D eigenvalue weighted by Gasteiger charge is -2.18. The van der Waals surface area contributed by atoms with Crippen molar-refractivity contribution >= 4 is 21.7 Å². The third kappa shape index (κ3) is 7.01. The van der Waals surface area contributed by atoms with Crippen LogP contribution in [0.4, 0.5) is 5.69 Å². The predicted octanol–water partition coefficient (Wildman–Crippen LogP) is 2.69. The third-order valence-electron chi connectivity index (χ3n) is 3.60. The number of carboxylic acid groups (broad SMARTS) is 1. The minimum absolute atomic E-state index is 0.0579. The van der Waals surface area contributed by atoms with Crippen LogP contribution in [0.15, 0.2) is 23.1 Å². The Morgan fingerprint density at radius 3 is 2.52 bits per heavy atom. The first-order valence-electron chi connectivity index (χ1n) is 8.42. The molecule has 1 aromatic carbocycles. The first-order valence-corrected chi connectivity index (χ1v) is 9.90. The zero-order valence-electron chi connectivity index (χ0n) is 15.2. The van der Waals surface area contributed by atoms with E-state index in [0.29, 0.717) is 18.7 Å².